The average Bonchev–Trinajstić information content (AvgIpc) is 3.20. The molecule has 5 heteroatoms. The van der Waals surface area contributed by atoms with Crippen LogP contribution in [-0.2, 0) is 13.0 Å². The fourth-order valence-electron chi connectivity index (χ4n) is 2.55. The summed E-state index contributed by atoms with van der Waals surface area (Å²) in [6.45, 7) is 5.10. The van der Waals surface area contributed by atoms with E-state index < -0.39 is 0 Å². The van der Waals surface area contributed by atoms with Crippen LogP contribution < -0.4 is 0 Å². The molecule has 4 nitrogen and oxygen atoms in total. The number of benzene rings is 1. The highest BCUT2D eigenvalue weighted by Gasteiger charge is 2.20. The van der Waals surface area contributed by atoms with Crippen LogP contribution in [0.15, 0.2) is 53.1 Å². The van der Waals surface area contributed by atoms with Crippen LogP contribution >= 0.6 is 11.3 Å². The van der Waals surface area contributed by atoms with Gasteiger partial charge in [-0.15, -0.1) is 11.3 Å². The smallest absolute Gasteiger partial charge is 0.276 e. The van der Waals surface area contributed by atoms with E-state index in [1.165, 1.54) is 15.3 Å². The third-order valence-electron chi connectivity index (χ3n) is 3.79. The lowest BCUT2D eigenvalue weighted by molar-refractivity contribution is 0.0736. The molecule has 2 heterocycles. The van der Waals surface area contributed by atoms with E-state index in [1.54, 1.807) is 24.3 Å². The third kappa shape index (κ3) is 4.11. The molecule has 0 fully saturated rings. The second-order valence-electron chi connectivity index (χ2n) is 5.80. The Morgan fingerprint density at radius 2 is 1.96 bits per heavy atom. The largest absolute Gasteiger partial charge is 0.361 e. The Labute approximate surface area is 145 Å². The van der Waals surface area contributed by atoms with Gasteiger partial charge < -0.3 is 9.42 Å². The zero-order chi connectivity index (χ0) is 16.9. The topological polar surface area (TPSA) is 46.3 Å². The maximum atomic E-state index is 12.8. The summed E-state index contributed by atoms with van der Waals surface area (Å²) in [7, 11) is 0. The van der Waals surface area contributed by atoms with E-state index in [0.29, 0.717) is 24.5 Å². The van der Waals surface area contributed by atoms with E-state index in [0.717, 1.165) is 6.42 Å². The molecular formula is C19H20N2O2S. The first-order chi connectivity index (χ1) is 11.6. The van der Waals surface area contributed by atoms with Gasteiger partial charge in [-0.3, -0.25) is 4.79 Å². The number of hydrogen-bond acceptors (Lipinski definition) is 4. The Balaban J connectivity index is 1.76. The van der Waals surface area contributed by atoms with E-state index in [-0.39, 0.29) is 5.91 Å². The van der Waals surface area contributed by atoms with Gasteiger partial charge >= 0.3 is 0 Å². The van der Waals surface area contributed by atoms with Gasteiger partial charge in [-0.05, 0) is 38.0 Å². The number of carbonyl (C=O) groups excluding carboxylic acids is 1. The number of aromatic nitrogens is 1. The monoisotopic (exact) mass is 340 g/mol. The minimum Gasteiger partial charge on any atom is -0.361 e. The highest BCUT2D eigenvalue weighted by atomic mass is 32.1. The lowest BCUT2D eigenvalue weighted by atomic mass is 10.1. The number of rotatable bonds is 6. The Hall–Kier alpha value is -2.40. The zero-order valence-electron chi connectivity index (χ0n) is 13.9. The first-order valence-electron chi connectivity index (χ1n) is 7.93. The average molecular weight is 340 g/mol. The highest BCUT2D eigenvalue weighted by Crippen LogP contribution is 2.19. The first kappa shape index (κ1) is 16.5. The summed E-state index contributed by atoms with van der Waals surface area (Å²) >= 11 is 1.72. The first-order valence-corrected chi connectivity index (χ1v) is 8.75. The van der Waals surface area contributed by atoms with Crippen molar-refractivity contribution in [2.75, 3.05) is 6.54 Å². The Bertz CT molecular complexity index is 808. The van der Waals surface area contributed by atoms with Crippen LogP contribution in [0.2, 0.25) is 0 Å². The molecule has 0 saturated carbocycles. The molecule has 1 aromatic carbocycles. The molecular weight excluding hydrogens is 320 g/mol. The Morgan fingerprint density at radius 3 is 2.58 bits per heavy atom. The molecule has 0 atom stereocenters. The molecule has 0 saturated heterocycles. The number of aryl methyl sites for hydroxylation is 2. The molecule has 3 rings (SSSR count). The minimum absolute atomic E-state index is 0.0890. The van der Waals surface area contributed by atoms with Gasteiger partial charge in [0.05, 0.1) is 6.54 Å². The fourth-order valence-corrected chi connectivity index (χ4v) is 3.45. The van der Waals surface area contributed by atoms with Gasteiger partial charge in [-0.2, -0.15) is 0 Å². The van der Waals surface area contributed by atoms with Gasteiger partial charge in [0, 0.05) is 22.4 Å². The van der Waals surface area contributed by atoms with E-state index in [4.69, 9.17) is 4.52 Å². The van der Waals surface area contributed by atoms with E-state index in [2.05, 4.69) is 36.3 Å². The van der Waals surface area contributed by atoms with Crippen LogP contribution in [0, 0.1) is 13.8 Å². The molecule has 0 aliphatic rings. The lowest BCUT2D eigenvalue weighted by Gasteiger charge is -2.21. The van der Waals surface area contributed by atoms with Crippen LogP contribution in [0.1, 0.15) is 31.6 Å². The van der Waals surface area contributed by atoms with Gasteiger partial charge in [-0.25, -0.2) is 0 Å². The normalized spacial score (nSPS) is 10.8. The van der Waals surface area contributed by atoms with Crippen molar-refractivity contribution in [3.8, 4) is 0 Å². The SMILES string of the molecule is Cc1cc(C(=O)N(CCc2ccccc2)Cc2ccc(C)s2)no1. The quantitative estimate of drug-likeness (QED) is 0.674. The number of carbonyl (C=O) groups is 1. The number of hydrogen-bond donors (Lipinski definition) is 0. The summed E-state index contributed by atoms with van der Waals surface area (Å²) in [6.07, 6.45) is 0.813. The fraction of sp³-hybridized carbons (Fsp3) is 0.263. The highest BCUT2D eigenvalue weighted by molar-refractivity contribution is 7.11. The van der Waals surface area contributed by atoms with Gasteiger partial charge in [0.2, 0.25) is 0 Å². The summed E-state index contributed by atoms with van der Waals surface area (Å²) in [5.74, 6) is 0.558. The molecule has 0 N–H and O–H groups in total. The van der Waals surface area contributed by atoms with Crippen LogP contribution in [0.4, 0.5) is 0 Å². The molecule has 124 valence electrons. The number of thiophene rings is 1. The molecule has 24 heavy (non-hydrogen) atoms. The van der Waals surface area contributed by atoms with Crippen LogP contribution in [0.3, 0.4) is 0 Å². The van der Waals surface area contributed by atoms with Crippen LogP contribution in [0.25, 0.3) is 0 Å². The summed E-state index contributed by atoms with van der Waals surface area (Å²) < 4.78 is 5.06. The number of nitrogens with zero attached hydrogens (tertiary/aromatic N) is 2. The van der Waals surface area contributed by atoms with Crippen LogP contribution in [-0.4, -0.2) is 22.5 Å². The summed E-state index contributed by atoms with van der Waals surface area (Å²) in [5, 5.41) is 3.88. The molecule has 2 aromatic heterocycles. The molecule has 1 amide bonds. The zero-order valence-corrected chi connectivity index (χ0v) is 14.7. The van der Waals surface area contributed by atoms with Crippen molar-refractivity contribution in [1.82, 2.24) is 10.1 Å². The summed E-state index contributed by atoms with van der Waals surface area (Å²) in [6, 6.07) is 16.1. The molecule has 0 aliphatic carbocycles. The molecule has 3 aromatic rings. The van der Waals surface area contributed by atoms with Crippen molar-refractivity contribution in [3.05, 3.63) is 75.3 Å². The number of amides is 1. The van der Waals surface area contributed by atoms with Gasteiger partial charge in [0.1, 0.15) is 5.76 Å². The molecule has 0 unspecified atom stereocenters. The maximum Gasteiger partial charge on any atom is 0.276 e. The van der Waals surface area contributed by atoms with Crippen molar-refractivity contribution < 1.29 is 9.32 Å². The second kappa shape index (κ2) is 7.45. The van der Waals surface area contributed by atoms with Crippen molar-refractivity contribution in [3.63, 3.8) is 0 Å². The summed E-state index contributed by atoms with van der Waals surface area (Å²) in [4.78, 5) is 17.1. The van der Waals surface area contributed by atoms with E-state index in [1.807, 2.05) is 23.1 Å². The predicted molar refractivity (Wildman–Crippen MR) is 95.2 cm³/mol. The Morgan fingerprint density at radius 1 is 1.17 bits per heavy atom. The Kier molecular flexibility index (Phi) is 5.11. The van der Waals surface area contributed by atoms with E-state index >= 15 is 0 Å². The molecule has 0 spiro atoms. The standard InChI is InChI=1S/C19H20N2O2S/c1-14-12-18(20-23-14)19(22)21(13-17-9-8-15(2)24-17)11-10-16-6-4-3-5-7-16/h3-9,12H,10-11,13H2,1-2H3. The minimum atomic E-state index is -0.0890. The van der Waals surface area contributed by atoms with Crippen LogP contribution in [0.5, 0.6) is 0 Å². The van der Waals surface area contributed by atoms with Crippen molar-refractivity contribution in [2.45, 2.75) is 26.8 Å². The maximum absolute atomic E-state index is 12.8. The van der Waals surface area contributed by atoms with Crippen molar-refractivity contribution >= 4 is 17.2 Å². The second-order valence-corrected chi connectivity index (χ2v) is 7.17. The molecule has 0 radical (unpaired) electrons. The van der Waals surface area contributed by atoms with Gasteiger partial charge in [0.15, 0.2) is 5.69 Å². The summed E-state index contributed by atoms with van der Waals surface area (Å²) in [5.41, 5.74) is 1.59. The lowest BCUT2D eigenvalue weighted by Crippen LogP contribution is -2.32. The van der Waals surface area contributed by atoms with E-state index in [9.17, 15) is 4.79 Å². The van der Waals surface area contributed by atoms with Crippen molar-refractivity contribution in [2.24, 2.45) is 0 Å². The van der Waals surface area contributed by atoms with Gasteiger partial charge in [0.25, 0.3) is 5.91 Å². The van der Waals surface area contributed by atoms with Gasteiger partial charge in [-0.1, -0.05) is 35.5 Å². The third-order valence-corrected chi connectivity index (χ3v) is 4.78. The predicted octanol–water partition coefficient (Wildman–Crippen LogP) is 4.24. The molecule has 0 bridgehead atoms. The van der Waals surface area contributed by atoms with Crippen molar-refractivity contribution in [1.29, 1.82) is 0 Å². The molecule has 0 aliphatic heterocycles.